The van der Waals surface area contributed by atoms with Crippen molar-refractivity contribution in [3.05, 3.63) is 54.6 Å². The lowest BCUT2D eigenvalue weighted by Crippen LogP contribution is -2.37. The molecule has 0 aliphatic heterocycles. The van der Waals surface area contributed by atoms with Crippen molar-refractivity contribution >= 4 is 34.4 Å². The number of nitriles is 1. The first-order valence-electron chi connectivity index (χ1n) is 8.04. The number of hydrogen-bond acceptors (Lipinski definition) is 4. The molecule has 1 aromatic heterocycles. The third-order valence-electron chi connectivity index (χ3n) is 3.78. The number of thioether (sulfide) groups is 1. The van der Waals surface area contributed by atoms with Crippen LogP contribution in [0.5, 0.6) is 0 Å². The quantitative estimate of drug-likeness (QED) is 0.682. The molecule has 6 heteroatoms. The van der Waals surface area contributed by atoms with E-state index in [0.29, 0.717) is 13.0 Å². The molecule has 0 fully saturated rings. The number of carbonyl (C=O) groups is 1. The highest BCUT2D eigenvalue weighted by atomic mass is 32.2. The van der Waals surface area contributed by atoms with Gasteiger partial charge in [-0.1, -0.05) is 42.1 Å². The zero-order valence-electron chi connectivity index (χ0n) is 13.8. The maximum Gasteiger partial charge on any atom is 0.240 e. The van der Waals surface area contributed by atoms with Gasteiger partial charge in [-0.05, 0) is 31.2 Å². The van der Waals surface area contributed by atoms with Gasteiger partial charge in [0.15, 0.2) is 5.16 Å². The highest BCUT2D eigenvalue weighted by Crippen LogP contribution is 2.26. The number of nitrogens with one attached hydrogen (secondary N) is 1. The average molecular weight is 350 g/mol. The monoisotopic (exact) mass is 350 g/mol. The first kappa shape index (κ1) is 17.1. The molecule has 1 heterocycles. The molecule has 0 saturated heterocycles. The Bertz CT molecular complexity index is 867. The van der Waals surface area contributed by atoms with Gasteiger partial charge in [0, 0.05) is 12.2 Å². The molecule has 0 aliphatic rings. The molecule has 3 aromatic rings. The number of hydrogen-bond donors (Lipinski definition) is 1. The highest BCUT2D eigenvalue weighted by Gasteiger charge is 2.23. The van der Waals surface area contributed by atoms with Gasteiger partial charge in [-0.2, -0.15) is 5.26 Å². The summed E-state index contributed by atoms with van der Waals surface area (Å²) < 4.78 is 0. The highest BCUT2D eigenvalue weighted by molar-refractivity contribution is 8.00. The first-order chi connectivity index (χ1) is 12.2. The smallest absolute Gasteiger partial charge is 0.240 e. The van der Waals surface area contributed by atoms with Gasteiger partial charge in [-0.3, -0.25) is 4.79 Å². The van der Waals surface area contributed by atoms with E-state index in [2.05, 4.69) is 16.0 Å². The van der Waals surface area contributed by atoms with Crippen molar-refractivity contribution in [2.24, 2.45) is 0 Å². The van der Waals surface area contributed by atoms with Gasteiger partial charge in [-0.25, -0.2) is 4.98 Å². The number of benzene rings is 2. The number of carbonyl (C=O) groups excluding carboxylic acids is 1. The van der Waals surface area contributed by atoms with Crippen LogP contribution in [0.15, 0.2) is 59.8 Å². The number of amides is 1. The summed E-state index contributed by atoms with van der Waals surface area (Å²) in [5, 5.41) is 9.29. The third kappa shape index (κ3) is 4.01. The molecule has 0 bridgehead atoms. The Hall–Kier alpha value is -2.78. The van der Waals surface area contributed by atoms with E-state index in [1.807, 2.05) is 61.5 Å². The van der Waals surface area contributed by atoms with E-state index in [4.69, 9.17) is 5.26 Å². The molecular formula is C19H18N4OS. The zero-order valence-corrected chi connectivity index (χ0v) is 14.7. The van der Waals surface area contributed by atoms with Crippen LogP contribution in [0.4, 0.5) is 5.69 Å². The van der Waals surface area contributed by atoms with E-state index in [1.165, 1.54) is 11.8 Å². The van der Waals surface area contributed by atoms with Crippen LogP contribution in [0.1, 0.15) is 13.3 Å². The normalized spacial score (nSPS) is 11.8. The number of aromatic nitrogens is 2. The van der Waals surface area contributed by atoms with Crippen LogP contribution in [0, 0.1) is 11.3 Å². The molecule has 0 unspecified atom stereocenters. The van der Waals surface area contributed by atoms with Crippen LogP contribution in [0.25, 0.3) is 11.0 Å². The predicted molar refractivity (Wildman–Crippen MR) is 100 cm³/mol. The van der Waals surface area contributed by atoms with Crippen LogP contribution >= 0.6 is 11.8 Å². The molecule has 0 saturated carbocycles. The molecule has 126 valence electrons. The number of imidazole rings is 1. The Morgan fingerprint density at radius 1 is 1.24 bits per heavy atom. The molecule has 2 aromatic carbocycles. The summed E-state index contributed by atoms with van der Waals surface area (Å²) >= 11 is 1.39. The predicted octanol–water partition coefficient (Wildman–Crippen LogP) is 3.99. The summed E-state index contributed by atoms with van der Waals surface area (Å²) in [6.07, 6.45) is 0.294. The number of H-pyrrole nitrogens is 1. The van der Waals surface area contributed by atoms with Crippen molar-refractivity contribution in [3.63, 3.8) is 0 Å². The summed E-state index contributed by atoms with van der Waals surface area (Å²) in [5.41, 5.74) is 2.64. The van der Waals surface area contributed by atoms with Crippen molar-refractivity contribution in [1.82, 2.24) is 9.97 Å². The van der Waals surface area contributed by atoms with E-state index >= 15 is 0 Å². The minimum absolute atomic E-state index is 0.0353. The van der Waals surface area contributed by atoms with Gasteiger partial charge in [0.1, 0.15) is 0 Å². The largest absolute Gasteiger partial charge is 0.333 e. The fourth-order valence-electron chi connectivity index (χ4n) is 2.56. The summed E-state index contributed by atoms with van der Waals surface area (Å²) in [7, 11) is 0. The molecule has 25 heavy (non-hydrogen) atoms. The second-order valence-electron chi connectivity index (χ2n) is 5.55. The Labute approximate surface area is 150 Å². The maximum absolute atomic E-state index is 12.9. The SMILES string of the molecule is C[C@@H](Sc1nc2ccccc2[nH]1)C(=O)N(CCC#N)c1ccccc1. The molecule has 1 atom stereocenters. The van der Waals surface area contributed by atoms with Crippen molar-refractivity contribution in [1.29, 1.82) is 5.26 Å². The van der Waals surface area contributed by atoms with Gasteiger partial charge in [0.25, 0.3) is 0 Å². The minimum atomic E-state index is -0.320. The summed E-state index contributed by atoms with van der Waals surface area (Å²) in [5.74, 6) is -0.0353. The van der Waals surface area contributed by atoms with Gasteiger partial charge in [-0.15, -0.1) is 0 Å². The fourth-order valence-corrected chi connectivity index (χ4v) is 3.44. The summed E-state index contributed by atoms with van der Waals surface area (Å²) in [6, 6.07) is 19.3. The number of nitrogens with zero attached hydrogens (tertiary/aromatic N) is 3. The summed E-state index contributed by atoms with van der Waals surface area (Å²) in [6.45, 7) is 2.24. The lowest BCUT2D eigenvalue weighted by molar-refractivity contribution is -0.117. The number of rotatable bonds is 6. The molecule has 0 aliphatic carbocycles. The van der Waals surface area contributed by atoms with Gasteiger partial charge < -0.3 is 9.88 Å². The van der Waals surface area contributed by atoms with Gasteiger partial charge >= 0.3 is 0 Å². The van der Waals surface area contributed by atoms with E-state index in [0.717, 1.165) is 21.9 Å². The van der Waals surface area contributed by atoms with Crippen LogP contribution in [0.3, 0.4) is 0 Å². The molecule has 1 amide bonds. The van der Waals surface area contributed by atoms with Crippen molar-refractivity contribution < 1.29 is 4.79 Å². The van der Waals surface area contributed by atoms with E-state index < -0.39 is 0 Å². The number of aromatic amines is 1. The van der Waals surface area contributed by atoms with Crippen LogP contribution in [-0.4, -0.2) is 27.7 Å². The second-order valence-corrected chi connectivity index (χ2v) is 6.88. The average Bonchev–Trinajstić information content (AvgIpc) is 3.05. The Morgan fingerprint density at radius 2 is 1.96 bits per heavy atom. The second kappa shape index (κ2) is 7.86. The molecule has 1 N–H and O–H groups in total. The lowest BCUT2D eigenvalue weighted by Gasteiger charge is -2.24. The number of anilines is 1. The number of fused-ring (bicyclic) bond motifs is 1. The van der Waals surface area contributed by atoms with Crippen LogP contribution in [0.2, 0.25) is 0 Å². The molecule has 0 spiro atoms. The molecule has 5 nitrogen and oxygen atoms in total. The van der Waals surface area contributed by atoms with Gasteiger partial charge in [0.05, 0.1) is 28.8 Å². The number of para-hydroxylation sites is 3. The zero-order chi connectivity index (χ0) is 17.6. The Morgan fingerprint density at radius 3 is 2.68 bits per heavy atom. The third-order valence-corrected chi connectivity index (χ3v) is 4.76. The standard InChI is InChI=1S/C19H18N4OS/c1-14(25-19-21-16-10-5-6-11-17(16)22-19)18(24)23(13-7-12-20)15-8-3-2-4-9-15/h2-6,8-11,14H,7,13H2,1H3,(H,21,22)/t14-/m1/s1. The van der Waals surface area contributed by atoms with Crippen LogP contribution in [-0.2, 0) is 4.79 Å². The Balaban J connectivity index is 1.77. The summed E-state index contributed by atoms with van der Waals surface area (Å²) in [4.78, 5) is 22.3. The van der Waals surface area contributed by atoms with Crippen molar-refractivity contribution in [2.75, 3.05) is 11.4 Å². The Kier molecular flexibility index (Phi) is 5.36. The van der Waals surface area contributed by atoms with Crippen molar-refractivity contribution in [2.45, 2.75) is 23.8 Å². The lowest BCUT2D eigenvalue weighted by atomic mass is 10.2. The fraction of sp³-hybridized carbons (Fsp3) is 0.211. The topological polar surface area (TPSA) is 72.8 Å². The van der Waals surface area contributed by atoms with E-state index in [-0.39, 0.29) is 11.2 Å². The van der Waals surface area contributed by atoms with E-state index in [1.54, 1.807) is 4.90 Å². The van der Waals surface area contributed by atoms with Crippen LogP contribution < -0.4 is 4.90 Å². The molecule has 0 radical (unpaired) electrons. The minimum Gasteiger partial charge on any atom is -0.333 e. The first-order valence-corrected chi connectivity index (χ1v) is 8.92. The van der Waals surface area contributed by atoms with E-state index in [9.17, 15) is 4.79 Å². The molecule has 3 rings (SSSR count). The van der Waals surface area contributed by atoms with Gasteiger partial charge in [0.2, 0.25) is 5.91 Å². The molecular weight excluding hydrogens is 332 g/mol. The maximum atomic E-state index is 12.9. The van der Waals surface area contributed by atoms with Crippen molar-refractivity contribution in [3.8, 4) is 6.07 Å².